The lowest BCUT2D eigenvalue weighted by Gasteiger charge is -2.37. The van der Waals surface area contributed by atoms with Crippen LogP contribution in [0.5, 0.6) is 0 Å². The third kappa shape index (κ3) is 0.778. The highest BCUT2D eigenvalue weighted by molar-refractivity contribution is 4.76. The first-order valence-corrected chi connectivity index (χ1v) is 3.08. The summed E-state index contributed by atoms with van der Waals surface area (Å²) in [6.45, 7) is 7.07. The fraction of sp³-hybridized carbons (Fsp3) is 1.00. The molecule has 0 spiro atoms. The maximum atomic E-state index is 2.47. The second-order valence-electron chi connectivity index (χ2n) is 2.27. The van der Waals surface area contributed by atoms with Crippen LogP contribution in [0.4, 0.5) is 0 Å². The Morgan fingerprint density at radius 1 is 1.71 bits per heavy atom. The molecule has 42 valence electrons. The van der Waals surface area contributed by atoms with Crippen molar-refractivity contribution in [3.63, 3.8) is 0 Å². The third-order valence-corrected chi connectivity index (χ3v) is 1.86. The quantitative estimate of drug-likeness (QED) is 0.476. The van der Waals surface area contributed by atoms with Gasteiger partial charge in [0.25, 0.3) is 0 Å². The van der Waals surface area contributed by atoms with Gasteiger partial charge in [0.05, 0.1) is 0 Å². The Balaban J connectivity index is 2.16. The van der Waals surface area contributed by atoms with Crippen LogP contribution >= 0.6 is 0 Å². The third-order valence-electron chi connectivity index (χ3n) is 1.86. The van der Waals surface area contributed by atoms with E-state index in [0.29, 0.717) is 0 Å². The summed E-state index contributed by atoms with van der Waals surface area (Å²) in [6, 6.07) is 0.880. The molecule has 0 aromatic rings. The molecule has 0 unspecified atom stereocenters. The molecule has 0 aromatic carbocycles. The van der Waals surface area contributed by atoms with Gasteiger partial charge in [0, 0.05) is 6.04 Å². The van der Waals surface area contributed by atoms with Crippen molar-refractivity contribution in [2.45, 2.75) is 26.3 Å². The SMILES string of the molecule is CCN1CC[C@@H]1C. The number of likely N-dealkylation sites (tertiary alicyclic amines) is 1. The first-order chi connectivity index (χ1) is 3.34. The summed E-state index contributed by atoms with van der Waals surface area (Å²) in [6.07, 6.45) is 1.41. The molecule has 0 saturated carbocycles. The van der Waals surface area contributed by atoms with Gasteiger partial charge in [0.2, 0.25) is 0 Å². The Bertz CT molecular complexity index is 59.2. The molecule has 0 N–H and O–H groups in total. The Morgan fingerprint density at radius 3 is 2.43 bits per heavy atom. The van der Waals surface area contributed by atoms with Gasteiger partial charge in [0.1, 0.15) is 0 Å². The largest absolute Gasteiger partial charge is 0.301 e. The zero-order valence-corrected chi connectivity index (χ0v) is 5.15. The molecule has 1 rings (SSSR count). The molecule has 1 aliphatic heterocycles. The van der Waals surface area contributed by atoms with E-state index in [4.69, 9.17) is 0 Å². The standard InChI is InChI=1S/C6H13N/c1-3-7-5-4-6(7)2/h6H,3-5H2,1-2H3/t6-/m0/s1. The smallest absolute Gasteiger partial charge is 0.00789 e. The van der Waals surface area contributed by atoms with Crippen molar-refractivity contribution in [1.82, 2.24) is 4.90 Å². The molecule has 1 atom stereocenters. The summed E-state index contributed by atoms with van der Waals surface area (Å²) < 4.78 is 0. The summed E-state index contributed by atoms with van der Waals surface area (Å²) in [5.74, 6) is 0. The van der Waals surface area contributed by atoms with Crippen molar-refractivity contribution >= 4 is 0 Å². The Labute approximate surface area is 45.3 Å². The van der Waals surface area contributed by atoms with Gasteiger partial charge >= 0.3 is 0 Å². The van der Waals surface area contributed by atoms with E-state index in [9.17, 15) is 0 Å². The fourth-order valence-electron chi connectivity index (χ4n) is 1.04. The molecule has 1 aliphatic rings. The number of nitrogens with zero attached hydrogens (tertiary/aromatic N) is 1. The zero-order chi connectivity index (χ0) is 5.28. The van der Waals surface area contributed by atoms with Crippen LogP contribution in [0.15, 0.2) is 0 Å². The van der Waals surface area contributed by atoms with E-state index in [1.54, 1.807) is 0 Å². The molecular weight excluding hydrogens is 86.1 g/mol. The maximum absolute atomic E-state index is 2.47. The zero-order valence-electron chi connectivity index (χ0n) is 5.15. The molecule has 1 heteroatoms. The van der Waals surface area contributed by atoms with E-state index in [1.165, 1.54) is 19.5 Å². The highest BCUT2D eigenvalue weighted by atomic mass is 15.2. The summed E-state index contributed by atoms with van der Waals surface area (Å²) in [5, 5.41) is 0. The van der Waals surface area contributed by atoms with Gasteiger partial charge in [-0.3, -0.25) is 0 Å². The average Bonchev–Trinajstić information content (AvgIpc) is 1.65. The molecule has 1 saturated heterocycles. The first kappa shape index (κ1) is 5.10. The number of hydrogen-bond acceptors (Lipinski definition) is 1. The molecular formula is C6H13N. The molecule has 1 nitrogen and oxygen atoms in total. The van der Waals surface area contributed by atoms with Crippen molar-refractivity contribution in [2.24, 2.45) is 0 Å². The van der Waals surface area contributed by atoms with Crippen LogP contribution in [-0.2, 0) is 0 Å². The van der Waals surface area contributed by atoms with Gasteiger partial charge in [-0.25, -0.2) is 0 Å². The summed E-state index contributed by atoms with van der Waals surface area (Å²) >= 11 is 0. The van der Waals surface area contributed by atoms with E-state index in [1.807, 2.05) is 0 Å². The maximum Gasteiger partial charge on any atom is 0.00789 e. The lowest BCUT2D eigenvalue weighted by molar-refractivity contribution is 0.113. The summed E-state index contributed by atoms with van der Waals surface area (Å²) in [7, 11) is 0. The molecule has 1 heterocycles. The lowest BCUT2D eigenvalue weighted by atomic mass is 10.1. The predicted octanol–water partition coefficient (Wildman–Crippen LogP) is 1.10. The number of rotatable bonds is 1. The normalized spacial score (nSPS) is 32.6. The Hall–Kier alpha value is -0.0400. The molecule has 0 radical (unpaired) electrons. The van der Waals surface area contributed by atoms with E-state index in [-0.39, 0.29) is 0 Å². The second kappa shape index (κ2) is 1.83. The van der Waals surface area contributed by atoms with E-state index >= 15 is 0 Å². The van der Waals surface area contributed by atoms with Crippen LogP contribution in [0.2, 0.25) is 0 Å². The van der Waals surface area contributed by atoms with Crippen LogP contribution in [-0.4, -0.2) is 24.0 Å². The molecule has 1 fully saturated rings. The van der Waals surface area contributed by atoms with E-state index in [0.717, 1.165) is 6.04 Å². The van der Waals surface area contributed by atoms with Gasteiger partial charge in [-0.15, -0.1) is 0 Å². The summed E-state index contributed by atoms with van der Waals surface area (Å²) in [5.41, 5.74) is 0. The van der Waals surface area contributed by atoms with Crippen molar-refractivity contribution in [3.05, 3.63) is 0 Å². The topological polar surface area (TPSA) is 3.24 Å². The van der Waals surface area contributed by atoms with Crippen molar-refractivity contribution in [3.8, 4) is 0 Å². The van der Waals surface area contributed by atoms with Crippen LogP contribution < -0.4 is 0 Å². The lowest BCUT2D eigenvalue weighted by Crippen LogP contribution is -2.45. The fourth-order valence-corrected chi connectivity index (χ4v) is 1.04. The highest BCUT2D eigenvalue weighted by Gasteiger charge is 2.20. The van der Waals surface area contributed by atoms with E-state index in [2.05, 4.69) is 18.7 Å². The minimum atomic E-state index is 0.880. The van der Waals surface area contributed by atoms with Crippen molar-refractivity contribution in [2.75, 3.05) is 13.1 Å². The van der Waals surface area contributed by atoms with Crippen LogP contribution in [0.1, 0.15) is 20.3 Å². The van der Waals surface area contributed by atoms with Crippen molar-refractivity contribution in [1.29, 1.82) is 0 Å². The van der Waals surface area contributed by atoms with E-state index < -0.39 is 0 Å². The minimum absolute atomic E-state index is 0.880. The Kier molecular flexibility index (Phi) is 1.33. The van der Waals surface area contributed by atoms with Gasteiger partial charge in [-0.05, 0) is 26.4 Å². The van der Waals surface area contributed by atoms with Crippen LogP contribution in [0, 0.1) is 0 Å². The highest BCUT2D eigenvalue weighted by Crippen LogP contribution is 2.14. The van der Waals surface area contributed by atoms with Gasteiger partial charge in [-0.2, -0.15) is 0 Å². The number of hydrogen-bond donors (Lipinski definition) is 0. The molecule has 0 aliphatic carbocycles. The summed E-state index contributed by atoms with van der Waals surface area (Å²) in [4.78, 5) is 2.47. The molecule has 0 bridgehead atoms. The predicted molar refractivity (Wildman–Crippen MR) is 31.3 cm³/mol. The monoisotopic (exact) mass is 99.1 g/mol. The van der Waals surface area contributed by atoms with Gasteiger partial charge < -0.3 is 4.90 Å². The van der Waals surface area contributed by atoms with Crippen LogP contribution in [0.3, 0.4) is 0 Å². The molecule has 7 heavy (non-hydrogen) atoms. The Morgan fingerprint density at radius 2 is 2.43 bits per heavy atom. The van der Waals surface area contributed by atoms with Crippen LogP contribution in [0.25, 0.3) is 0 Å². The molecule has 0 aromatic heterocycles. The average molecular weight is 99.2 g/mol. The van der Waals surface area contributed by atoms with Gasteiger partial charge in [0.15, 0.2) is 0 Å². The van der Waals surface area contributed by atoms with Gasteiger partial charge in [-0.1, -0.05) is 6.92 Å². The molecule has 0 amide bonds. The van der Waals surface area contributed by atoms with Crippen molar-refractivity contribution < 1.29 is 0 Å². The minimum Gasteiger partial charge on any atom is -0.301 e. The second-order valence-corrected chi connectivity index (χ2v) is 2.27. The first-order valence-electron chi connectivity index (χ1n) is 3.08.